The van der Waals surface area contributed by atoms with E-state index in [9.17, 15) is 0 Å². The lowest BCUT2D eigenvalue weighted by Crippen LogP contribution is -2.41. The van der Waals surface area contributed by atoms with Gasteiger partial charge in [0.2, 0.25) is 0 Å². The summed E-state index contributed by atoms with van der Waals surface area (Å²) >= 11 is 1.76. The summed E-state index contributed by atoms with van der Waals surface area (Å²) in [5, 5.41) is 0. The van der Waals surface area contributed by atoms with Gasteiger partial charge in [-0.1, -0.05) is 12.1 Å². The zero-order valence-electron chi connectivity index (χ0n) is 9.02. The topological polar surface area (TPSA) is 52.0 Å². The lowest BCUT2D eigenvalue weighted by Gasteiger charge is -2.36. The van der Waals surface area contributed by atoms with Crippen LogP contribution in [0.3, 0.4) is 0 Å². The molecule has 1 atom stereocenters. The third-order valence-corrected chi connectivity index (χ3v) is 3.96. The second kappa shape index (κ2) is 4.56. The lowest BCUT2D eigenvalue weighted by molar-refractivity contribution is 0.224. The summed E-state index contributed by atoms with van der Waals surface area (Å²) in [6.45, 7) is 0. The molecule has 2 nitrogen and oxygen atoms in total. The number of hydrogen-bond acceptors (Lipinski definition) is 3. The fraction of sp³-hybridized carbons (Fsp3) is 0.500. The van der Waals surface area contributed by atoms with E-state index in [4.69, 9.17) is 11.5 Å². The maximum atomic E-state index is 6.19. The van der Waals surface area contributed by atoms with E-state index in [1.165, 1.54) is 10.5 Å². The quantitative estimate of drug-likeness (QED) is 0.770. The van der Waals surface area contributed by atoms with Crippen LogP contribution in [0, 0.1) is 5.92 Å². The number of benzene rings is 1. The molecule has 1 fully saturated rings. The second-order valence-corrected chi connectivity index (χ2v) is 5.17. The van der Waals surface area contributed by atoms with Crippen molar-refractivity contribution in [1.29, 1.82) is 0 Å². The number of rotatable bonds is 3. The third kappa shape index (κ3) is 2.36. The summed E-state index contributed by atoms with van der Waals surface area (Å²) in [5.74, 6) is 0.583. The molecule has 0 radical (unpaired) electrons. The van der Waals surface area contributed by atoms with Crippen molar-refractivity contribution in [2.75, 3.05) is 6.26 Å². The van der Waals surface area contributed by atoms with Gasteiger partial charge in [-0.25, -0.2) is 0 Å². The number of hydrogen-bond donors (Lipinski definition) is 2. The zero-order chi connectivity index (χ0) is 10.8. The average Bonchev–Trinajstić information content (AvgIpc) is 2.24. The normalized spacial score (nSPS) is 27.1. The van der Waals surface area contributed by atoms with E-state index < -0.39 is 0 Å². The predicted octanol–water partition coefficient (Wildman–Crippen LogP) is 2.15. The highest BCUT2D eigenvalue weighted by Gasteiger charge is 2.31. The first-order valence-corrected chi connectivity index (χ1v) is 6.58. The van der Waals surface area contributed by atoms with Crippen molar-refractivity contribution in [2.24, 2.45) is 17.4 Å². The average molecular weight is 222 g/mol. The van der Waals surface area contributed by atoms with Gasteiger partial charge >= 0.3 is 0 Å². The first-order valence-electron chi connectivity index (χ1n) is 5.36. The monoisotopic (exact) mass is 222 g/mol. The molecule has 0 amide bonds. The molecule has 0 heterocycles. The van der Waals surface area contributed by atoms with Gasteiger partial charge in [-0.2, -0.15) is 0 Å². The predicted molar refractivity (Wildman–Crippen MR) is 65.9 cm³/mol. The van der Waals surface area contributed by atoms with Crippen LogP contribution >= 0.6 is 11.8 Å². The molecule has 1 aliphatic carbocycles. The Morgan fingerprint density at radius 2 is 1.87 bits per heavy atom. The van der Waals surface area contributed by atoms with Crippen molar-refractivity contribution in [3.63, 3.8) is 0 Å². The first kappa shape index (κ1) is 11.0. The zero-order valence-corrected chi connectivity index (χ0v) is 9.84. The van der Waals surface area contributed by atoms with Crippen molar-refractivity contribution in [3.8, 4) is 0 Å². The molecule has 1 aliphatic rings. The molecule has 0 bridgehead atoms. The molecule has 1 aromatic carbocycles. The number of thioether (sulfide) groups is 1. The maximum absolute atomic E-state index is 6.19. The van der Waals surface area contributed by atoms with Crippen molar-refractivity contribution in [2.45, 2.75) is 29.8 Å². The standard InChI is InChI=1S/C12H18N2S/c1-15-11-4-2-8(3-5-11)12(14)9-6-10(13)7-9/h2-5,9-10,12H,6-7,13-14H2,1H3. The highest BCUT2D eigenvalue weighted by atomic mass is 32.2. The maximum Gasteiger partial charge on any atom is 0.0324 e. The molecule has 0 aromatic heterocycles. The molecule has 0 aliphatic heterocycles. The Kier molecular flexibility index (Phi) is 3.34. The highest BCUT2D eigenvalue weighted by molar-refractivity contribution is 7.98. The van der Waals surface area contributed by atoms with Gasteiger partial charge in [0.05, 0.1) is 0 Å². The molecule has 2 rings (SSSR count). The summed E-state index contributed by atoms with van der Waals surface area (Å²) in [7, 11) is 0. The first-order chi connectivity index (χ1) is 7.20. The van der Waals surface area contributed by atoms with E-state index in [-0.39, 0.29) is 6.04 Å². The van der Waals surface area contributed by atoms with Gasteiger partial charge in [0.1, 0.15) is 0 Å². The van der Waals surface area contributed by atoms with E-state index in [0.717, 1.165) is 12.8 Å². The van der Waals surface area contributed by atoms with Crippen LogP contribution in [0.1, 0.15) is 24.4 Å². The lowest BCUT2D eigenvalue weighted by atomic mass is 9.74. The minimum atomic E-state index is 0.167. The van der Waals surface area contributed by atoms with Gasteiger partial charge < -0.3 is 11.5 Å². The Labute approximate surface area is 95.4 Å². The van der Waals surface area contributed by atoms with Crippen LogP contribution in [0.4, 0.5) is 0 Å². The summed E-state index contributed by atoms with van der Waals surface area (Å²) < 4.78 is 0. The molecule has 3 heteroatoms. The molecule has 82 valence electrons. The third-order valence-electron chi connectivity index (χ3n) is 3.22. The van der Waals surface area contributed by atoms with Crippen LogP contribution in [0.15, 0.2) is 29.2 Å². The summed E-state index contributed by atoms with van der Waals surface area (Å²) in [4.78, 5) is 1.29. The van der Waals surface area contributed by atoms with Crippen LogP contribution in [0.25, 0.3) is 0 Å². The Bertz CT molecular complexity index is 317. The van der Waals surface area contributed by atoms with E-state index in [2.05, 4.69) is 30.5 Å². The largest absolute Gasteiger partial charge is 0.328 e. The molecule has 1 unspecified atom stereocenters. The fourth-order valence-corrected chi connectivity index (χ4v) is 2.51. The molecular formula is C12H18N2S. The van der Waals surface area contributed by atoms with Gasteiger partial charge in [-0.15, -0.1) is 11.8 Å². The van der Waals surface area contributed by atoms with Gasteiger partial charge in [0.25, 0.3) is 0 Å². The Morgan fingerprint density at radius 1 is 1.27 bits per heavy atom. The minimum absolute atomic E-state index is 0.167. The van der Waals surface area contributed by atoms with Crippen LogP contribution < -0.4 is 11.5 Å². The minimum Gasteiger partial charge on any atom is -0.328 e. The molecular weight excluding hydrogens is 204 g/mol. The second-order valence-electron chi connectivity index (χ2n) is 4.29. The molecule has 15 heavy (non-hydrogen) atoms. The van der Waals surface area contributed by atoms with Crippen molar-refractivity contribution >= 4 is 11.8 Å². The molecule has 0 saturated heterocycles. The van der Waals surface area contributed by atoms with Gasteiger partial charge in [-0.05, 0) is 42.7 Å². The van der Waals surface area contributed by atoms with E-state index in [1.54, 1.807) is 11.8 Å². The number of nitrogens with two attached hydrogens (primary N) is 2. The van der Waals surface area contributed by atoms with Crippen molar-refractivity contribution < 1.29 is 0 Å². The van der Waals surface area contributed by atoms with Gasteiger partial charge in [0.15, 0.2) is 0 Å². The smallest absolute Gasteiger partial charge is 0.0324 e. The summed E-state index contributed by atoms with van der Waals surface area (Å²) in [6.07, 6.45) is 4.23. The molecule has 1 saturated carbocycles. The van der Waals surface area contributed by atoms with E-state index in [0.29, 0.717) is 12.0 Å². The Hall–Kier alpha value is -0.510. The molecule has 1 aromatic rings. The van der Waals surface area contributed by atoms with Gasteiger partial charge in [-0.3, -0.25) is 0 Å². The van der Waals surface area contributed by atoms with Crippen LogP contribution in [0.2, 0.25) is 0 Å². The molecule has 0 spiro atoms. The summed E-state index contributed by atoms with van der Waals surface area (Å²) in [5.41, 5.74) is 13.2. The van der Waals surface area contributed by atoms with Crippen molar-refractivity contribution in [1.82, 2.24) is 0 Å². The van der Waals surface area contributed by atoms with Crippen LogP contribution in [-0.4, -0.2) is 12.3 Å². The SMILES string of the molecule is CSc1ccc(C(N)C2CC(N)C2)cc1. The Balaban J connectivity index is 2.02. The van der Waals surface area contributed by atoms with E-state index >= 15 is 0 Å². The Morgan fingerprint density at radius 3 is 2.33 bits per heavy atom. The fourth-order valence-electron chi connectivity index (χ4n) is 2.10. The van der Waals surface area contributed by atoms with Gasteiger partial charge in [0, 0.05) is 17.0 Å². The summed E-state index contributed by atoms with van der Waals surface area (Å²) in [6, 6.07) is 9.10. The highest BCUT2D eigenvalue weighted by Crippen LogP contribution is 2.35. The molecule has 4 N–H and O–H groups in total. The van der Waals surface area contributed by atoms with Crippen LogP contribution in [-0.2, 0) is 0 Å². The van der Waals surface area contributed by atoms with Crippen LogP contribution in [0.5, 0.6) is 0 Å². The van der Waals surface area contributed by atoms with E-state index in [1.807, 2.05) is 0 Å². The van der Waals surface area contributed by atoms with Crippen molar-refractivity contribution in [3.05, 3.63) is 29.8 Å².